The second-order valence-electron chi connectivity index (χ2n) is 6.62. The third kappa shape index (κ3) is 2.63. The van der Waals surface area contributed by atoms with Crippen LogP contribution in [0, 0.1) is 22.0 Å². The monoisotopic (exact) mass is 314 g/mol. The van der Waals surface area contributed by atoms with Crippen molar-refractivity contribution >= 4 is 22.4 Å². The van der Waals surface area contributed by atoms with Crippen molar-refractivity contribution in [3.8, 4) is 0 Å². The topological polar surface area (TPSA) is 76.6 Å². The molecule has 23 heavy (non-hydrogen) atoms. The molecule has 1 aromatic carbocycles. The van der Waals surface area contributed by atoms with Gasteiger partial charge in [-0.25, -0.2) is 0 Å². The van der Waals surface area contributed by atoms with E-state index in [4.69, 9.17) is 4.42 Å². The predicted molar refractivity (Wildman–Crippen MR) is 84.5 cm³/mol. The van der Waals surface area contributed by atoms with Gasteiger partial charge in [-0.15, -0.1) is 0 Å². The summed E-state index contributed by atoms with van der Waals surface area (Å²) in [6, 6.07) is 6.03. The molecule has 0 unspecified atom stereocenters. The molecule has 120 valence electrons. The second kappa shape index (κ2) is 5.45. The summed E-state index contributed by atoms with van der Waals surface area (Å²) < 4.78 is 5.60. The molecule has 0 aliphatic carbocycles. The minimum absolute atomic E-state index is 0.00241. The smallest absolute Gasteiger partial charge is 0.270 e. The van der Waals surface area contributed by atoms with Crippen LogP contribution in [0.25, 0.3) is 11.0 Å². The van der Waals surface area contributed by atoms with Crippen molar-refractivity contribution < 1.29 is 14.1 Å². The summed E-state index contributed by atoms with van der Waals surface area (Å²) >= 11 is 0. The van der Waals surface area contributed by atoms with Crippen molar-refractivity contribution in [2.75, 3.05) is 19.6 Å². The Morgan fingerprint density at radius 2 is 2.09 bits per heavy atom. The molecule has 1 aromatic heterocycles. The molecule has 5 rings (SSSR count). The number of carbonyl (C=O) groups excluding carboxylic acids is 1. The molecule has 6 nitrogen and oxygen atoms in total. The Hall–Kier alpha value is -2.21. The lowest BCUT2D eigenvalue weighted by molar-refractivity contribution is -0.384. The number of Topliss-reactive ketones (excluding diaryl/α,β-unsaturated/α-hetero) is 1. The third-order valence-electron chi connectivity index (χ3n) is 5.22. The summed E-state index contributed by atoms with van der Waals surface area (Å²) in [6.07, 6.45) is 2.87. The van der Waals surface area contributed by atoms with Gasteiger partial charge in [0.1, 0.15) is 5.58 Å². The SMILES string of the molecule is O=C(C[C@@H]1CN2CCC1CC2)c1cc2cc([N+](=O)[O-])ccc2o1. The lowest BCUT2D eigenvalue weighted by Gasteiger charge is -2.44. The first-order valence-corrected chi connectivity index (χ1v) is 8.04. The fourth-order valence-electron chi connectivity index (χ4n) is 3.94. The van der Waals surface area contributed by atoms with Crippen molar-refractivity contribution in [1.82, 2.24) is 4.90 Å². The number of piperidine rings is 3. The number of benzene rings is 1. The Labute approximate surface area is 133 Å². The number of rotatable bonds is 4. The molecule has 0 amide bonds. The number of ketones is 1. The van der Waals surface area contributed by atoms with E-state index in [2.05, 4.69) is 4.90 Å². The summed E-state index contributed by atoms with van der Waals surface area (Å²) in [4.78, 5) is 25.3. The van der Waals surface area contributed by atoms with Crippen molar-refractivity contribution in [1.29, 1.82) is 0 Å². The maximum Gasteiger partial charge on any atom is 0.270 e. The average molecular weight is 314 g/mol. The molecule has 3 aliphatic heterocycles. The fourth-order valence-corrected chi connectivity index (χ4v) is 3.94. The maximum atomic E-state index is 12.5. The molecule has 0 radical (unpaired) electrons. The lowest BCUT2D eigenvalue weighted by atomic mass is 9.76. The quantitative estimate of drug-likeness (QED) is 0.492. The van der Waals surface area contributed by atoms with Crippen LogP contribution in [0.4, 0.5) is 5.69 Å². The molecule has 3 aliphatic rings. The highest BCUT2D eigenvalue weighted by atomic mass is 16.6. The van der Waals surface area contributed by atoms with E-state index in [-0.39, 0.29) is 11.5 Å². The molecule has 3 saturated heterocycles. The van der Waals surface area contributed by atoms with Gasteiger partial charge in [-0.2, -0.15) is 0 Å². The van der Waals surface area contributed by atoms with Crippen molar-refractivity contribution in [3.63, 3.8) is 0 Å². The highest BCUT2D eigenvalue weighted by molar-refractivity contribution is 5.98. The molecule has 2 aromatic rings. The zero-order valence-corrected chi connectivity index (χ0v) is 12.7. The molecule has 6 heteroatoms. The second-order valence-corrected chi connectivity index (χ2v) is 6.62. The molecule has 0 spiro atoms. The Balaban J connectivity index is 1.54. The van der Waals surface area contributed by atoms with Crippen LogP contribution in [0.3, 0.4) is 0 Å². The van der Waals surface area contributed by atoms with Crippen LogP contribution < -0.4 is 0 Å². The summed E-state index contributed by atoms with van der Waals surface area (Å²) in [5, 5.41) is 11.4. The van der Waals surface area contributed by atoms with Gasteiger partial charge in [-0.1, -0.05) is 0 Å². The van der Waals surface area contributed by atoms with Crippen LogP contribution in [0.1, 0.15) is 29.8 Å². The molecular weight excluding hydrogens is 296 g/mol. The van der Waals surface area contributed by atoms with Crippen LogP contribution in [0.5, 0.6) is 0 Å². The first-order valence-electron chi connectivity index (χ1n) is 8.04. The molecule has 0 N–H and O–H groups in total. The number of carbonyl (C=O) groups is 1. The van der Waals surface area contributed by atoms with Crippen LogP contribution >= 0.6 is 0 Å². The first-order chi connectivity index (χ1) is 11.1. The molecular formula is C17H18N2O4. The number of nitro groups is 1. The van der Waals surface area contributed by atoms with Gasteiger partial charge in [0.25, 0.3) is 5.69 Å². The predicted octanol–water partition coefficient (Wildman–Crippen LogP) is 3.26. The molecule has 0 saturated carbocycles. The van der Waals surface area contributed by atoms with Gasteiger partial charge in [0.05, 0.1) is 4.92 Å². The van der Waals surface area contributed by atoms with E-state index < -0.39 is 4.92 Å². The fraction of sp³-hybridized carbons (Fsp3) is 0.471. The van der Waals surface area contributed by atoms with Gasteiger partial charge in [-0.3, -0.25) is 14.9 Å². The number of furan rings is 1. The van der Waals surface area contributed by atoms with E-state index >= 15 is 0 Å². The van der Waals surface area contributed by atoms with Crippen LogP contribution in [-0.4, -0.2) is 35.2 Å². The van der Waals surface area contributed by atoms with E-state index in [1.165, 1.54) is 25.0 Å². The molecule has 1 atom stereocenters. The van der Waals surface area contributed by atoms with Gasteiger partial charge in [0.15, 0.2) is 11.5 Å². The number of fused-ring (bicyclic) bond motifs is 4. The van der Waals surface area contributed by atoms with Crippen molar-refractivity contribution in [2.45, 2.75) is 19.3 Å². The van der Waals surface area contributed by atoms with E-state index in [0.717, 1.165) is 19.6 Å². The summed E-state index contributed by atoms with van der Waals surface area (Å²) in [5.41, 5.74) is 0.530. The maximum absolute atomic E-state index is 12.5. The number of non-ortho nitro benzene ring substituents is 1. The van der Waals surface area contributed by atoms with Gasteiger partial charge in [-0.05, 0) is 49.9 Å². The van der Waals surface area contributed by atoms with Crippen molar-refractivity contribution in [3.05, 3.63) is 40.1 Å². The Bertz CT molecular complexity index is 774. The first kappa shape index (κ1) is 14.4. The number of hydrogen-bond donors (Lipinski definition) is 0. The highest BCUT2D eigenvalue weighted by Crippen LogP contribution is 2.35. The Morgan fingerprint density at radius 1 is 1.30 bits per heavy atom. The zero-order valence-electron chi connectivity index (χ0n) is 12.7. The molecule has 2 bridgehead atoms. The van der Waals surface area contributed by atoms with Crippen molar-refractivity contribution in [2.24, 2.45) is 11.8 Å². The normalized spacial score (nSPS) is 26.5. The van der Waals surface area contributed by atoms with E-state index in [9.17, 15) is 14.9 Å². The summed E-state index contributed by atoms with van der Waals surface area (Å²) in [5.74, 6) is 1.38. The van der Waals surface area contributed by atoms with Crippen LogP contribution in [0.2, 0.25) is 0 Å². The Kier molecular flexibility index (Phi) is 3.41. The van der Waals surface area contributed by atoms with E-state index in [1.807, 2.05) is 0 Å². The lowest BCUT2D eigenvalue weighted by Crippen LogP contribution is -2.47. The zero-order chi connectivity index (χ0) is 16.0. The average Bonchev–Trinajstić information content (AvgIpc) is 2.99. The number of nitrogens with zero attached hydrogens (tertiary/aromatic N) is 2. The van der Waals surface area contributed by atoms with E-state index in [0.29, 0.717) is 35.0 Å². The van der Waals surface area contributed by atoms with E-state index in [1.54, 1.807) is 12.1 Å². The Morgan fingerprint density at radius 3 is 2.74 bits per heavy atom. The van der Waals surface area contributed by atoms with Gasteiger partial charge in [0.2, 0.25) is 0 Å². The molecule has 3 fully saturated rings. The number of hydrogen-bond acceptors (Lipinski definition) is 5. The van der Waals surface area contributed by atoms with Gasteiger partial charge in [0, 0.05) is 30.5 Å². The van der Waals surface area contributed by atoms with Crippen LogP contribution in [0.15, 0.2) is 28.7 Å². The molecule has 4 heterocycles. The van der Waals surface area contributed by atoms with Crippen LogP contribution in [-0.2, 0) is 0 Å². The minimum atomic E-state index is -0.443. The van der Waals surface area contributed by atoms with Gasteiger partial charge < -0.3 is 9.32 Å². The summed E-state index contributed by atoms with van der Waals surface area (Å²) in [7, 11) is 0. The standard InChI is InChI=1S/C17H18N2O4/c20-15(8-13-10-18-5-3-11(13)4-6-18)17-9-12-7-14(19(21)22)1-2-16(12)23-17/h1-2,7,9,11,13H,3-6,8,10H2/t13-/m1/s1. The largest absolute Gasteiger partial charge is 0.453 e. The minimum Gasteiger partial charge on any atom is -0.453 e. The third-order valence-corrected chi connectivity index (χ3v) is 5.22. The highest BCUT2D eigenvalue weighted by Gasteiger charge is 2.35. The number of nitro benzene ring substituents is 1. The van der Waals surface area contributed by atoms with Gasteiger partial charge >= 0.3 is 0 Å². The summed E-state index contributed by atoms with van der Waals surface area (Å²) in [6.45, 7) is 3.31.